The normalized spacial score (nSPS) is 10.7. The molecule has 1 N–H and O–H groups in total. The minimum Gasteiger partial charge on any atom is -0.372 e. The first-order valence-corrected chi connectivity index (χ1v) is 7.89. The zero-order valence-corrected chi connectivity index (χ0v) is 13.9. The van der Waals surface area contributed by atoms with Crippen LogP contribution in [0.3, 0.4) is 0 Å². The molecule has 4 heteroatoms. The van der Waals surface area contributed by atoms with Crippen molar-refractivity contribution in [1.29, 1.82) is 0 Å². The number of rotatable bonds is 6. The van der Waals surface area contributed by atoms with Crippen molar-refractivity contribution in [2.24, 2.45) is 5.10 Å². The molecule has 0 saturated carbocycles. The zero-order valence-electron chi connectivity index (χ0n) is 13.9. The van der Waals surface area contributed by atoms with E-state index in [0.29, 0.717) is 5.56 Å². The number of hydrazone groups is 1. The van der Waals surface area contributed by atoms with Crippen molar-refractivity contribution in [2.75, 3.05) is 18.0 Å². The second-order valence-electron chi connectivity index (χ2n) is 5.33. The van der Waals surface area contributed by atoms with E-state index < -0.39 is 0 Å². The first-order chi connectivity index (χ1) is 11.1. The molecule has 23 heavy (non-hydrogen) atoms. The molecule has 0 heterocycles. The minimum atomic E-state index is -0.209. The highest BCUT2D eigenvalue weighted by atomic mass is 16.2. The number of nitrogens with zero attached hydrogens (tertiary/aromatic N) is 2. The molecule has 0 bridgehead atoms. The molecule has 0 aliphatic heterocycles. The maximum Gasteiger partial charge on any atom is 0.271 e. The zero-order chi connectivity index (χ0) is 16.7. The van der Waals surface area contributed by atoms with Crippen LogP contribution in [0, 0.1) is 6.92 Å². The van der Waals surface area contributed by atoms with E-state index in [4.69, 9.17) is 0 Å². The molecule has 4 nitrogen and oxygen atoms in total. The molecule has 0 radical (unpaired) electrons. The Morgan fingerprint density at radius 1 is 1.04 bits per heavy atom. The topological polar surface area (TPSA) is 44.7 Å². The lowest BCUT2D eigenvalue weighted by Crippen LogP contribution is -2.22. The van der Waals surface area contributed by atoms with Crippen molar-refractivity contribution >= 4 is 17.8 Å². The highest BCUT2D eigenvalue weighted by molar-refractivity contribution is 5.95. The van der Waals surface area contributed by atoms with Crippen LogP contribution in [-0.2, 0) is 0 Å². The molecular formula is C19H23N3O. The fraction of sp³-hybridized carbons (Fsp3) is 0.263. The first kappa shape index (κ1) is 16.7. The van der Waals surface area contributed by atoms with Gasteiger partial charge in [-0.15, -0.1) is 0 Å². The van der Waals surface area contributed by atoms with E-state index in [1.807, 2.05) is 55.5 Å². The van der Waals surface area contributed by atoms with Crippen LogP contribution in [0.4, 0.5) is 5.69 Å². The average molecular weight is 309 g/mol. The third-order valence-electron chi connectivity index (χ3n) is 3.72. The van der Waals surface area contributed by atoms with Crippen molar-refractivity contribution in [3.63, 3.8) is 0 Å². The summed E-state index contributed by atoms with van der Waals surface area (Å²) in [6.45, 7) is 8.16. The highest BCUT2D eigenvalue weighted by Crippen LogP contribution is 2.14. The van der Waals surface area contributed by atoms with E-state index >= 15 is 0 Å². The Kier molecular flexibility index (Phi) is 5.92. The molecule has 1 amide bonds. The average Bonchev–Trinajstić information content (AvgIpc) is 2.58. The summed E-state index contributed by atoms with van der Waals surface area (Å²) < 4.78 is 0. The lowest BCUT2D eigenvalue weighted by atomic mass is 10.2. The van der Waals surface area contributed by atoms with E-state index in [-0.39, 0.29) is 5.91 Å². The standard InChI is InChI=1S/C19H23N3O/c1-4-22(5-2)18-12-10-17(11-13-18)19(23)21-20-14-16-8-6-15(3)7-9-16/h6-14H,4-5H2,1-3H3,(H,21,23)/b20-14+. The Hall–Kier alpha value is -2.62. The SMILES string of the molecule is CCN(CC)c1ccc(C(=O)N/N=C/c2ccc(C)cc2)cc1. The van der Waals surface area contributed by atoms with Crippen molar-refractivity contribution < 1.29 is 4.79 Å². The number of anilines is 1. The van der Waals surface area contributed by atoms with Crippen LogP contribution in [0.2, 0.25) is 0 Å². The number of hydrogen-bond donors (Lipinski definition) is 1. The molecule has 0 aliphatic carbocycles. The summed E-state index contributed by atoms with van der Waals surface area (Å²) in [5.41, 5.74) is 6.42. The molecule has 0 aliphatic rings. The van der Waals surface area contributed by atoms with Crippen molar-refractivity contribution in [3.05, 3.63) is 65.2 Å². The Labute approximate surface area is 137 Å². The van der Waals surface area contributed by atoms with Crippen molar-refractivity contribution in [2.45, 2.75) is 20.8 Å². The number of nitrogens with one attached hydrogen (secondary N) is 1. The van der Waals surface area contributed by atoms with Crippen LogP contribution < -0.4 is 10.3 Å². The molecule has 0 spiro atoms. The summed E-state index contributed by atoms with van der Waals surface area (Å²) in [6.07, 6.45) is 1.64. The predicted octanol–water partition coefficient (Wildman–Crippen LogP) is 3.61. The third-order valence-corrected chi connectivity index (χ3v) is 3.72. The maximum absolute atomic E-state index is 12.1. The van der Waals surface area contributed by atoms with Gasteiger partial charge in [-0.05, 0) is 50.6 Å². The molecule has 2 rings (SSSR count). The summed E-state index contributed by atoms with van der Waals surface area (Å²) in [5.74, 6) is -0.209. The Morgan fingerprint density at radius 3 is 2.22 bits per heavy atom. The molecule has 0 saturated heterocycles. The largest absolute Gasteiger partial charge is 0.372 e. The monoisotopic (exact) mass is 309 g/mol. The van der Waals surface area contributed by atoms with Gasteiger partial charge in [0.15, 0.2) is 0 Å². The molecule has 2 aromatic carbocycles. The van der Waals surface area contributed by atoms with Gasteiger partial charge in [-0.1, -0.05) is 29.8 Å². The summed E-state index contributed by atoms with van der Waals surface area (Å²) >= 11 is 0. The fourth-order valence-electron chi connectivity index (χ4n) is 2.29. The summed E-state index contributed by atoms with van der Waals surface area (Å²) in [7, 11) is 0. The molecule has 0 fully saturated rings. The van der Waals surface area contributed by atoms with Gasteiger partial charge in [0.2, 0.25) is 0 Å². The first-order valence-electron chi connectivity index (χ1n) is 7.89. The number of carbonyl (C=O) groups is 1. The van der Waals surface area contributed by atoms with Crippen LogP contribution in [0.5, 0.6) is 0 Å². The minimum absolute atomic E-state index is 0.209. The van der Waals surface area contributed by atoms with E-state index in [2.05, 4.69) is 29.3 Å². The summed E-state index contributed by atoms with van der Waals surface area (Å²) in [6, 6.07) is 15.5. The Bertz CT molecular complexity index is 656. The van der Waals surface area contributed by atoms with E-state index in [9.17, 15) is 4.79 Å². The van der Waals surface area contributed by atoms with Gasteiger partial charge < -0.3 is 4.90 Å². The molecule has 0 unspecified atom stereocenters. The predicted molar refractivity (Wildman–Crippen MR) is 96.2 cm³/mol. The quantitative estimate of drug-likeness (QED) is 0.654. The molecule has 2 aromatic rings. The van der Waals surface area contributed by atoms with Gasteiger partial charge in [-0.3, -0.25) is 4.79 Å². The Morgan fingerprint density at radius 2 is 1.65 bits per heavy atom. The molecule has 120 valence electrons. The smallest absolute Gasteiger partial charge is 0.271 e. The Balaban J connectivity index is 1.96. The maximum atomic E-state index is 12.1. The van der Waals surface area contributed by atoms with Gasteiger partial charge in [0, 0.05) is 24.3 Å². The lowest BCUT2D eigenvalue weighted by Gasteiger charge is -2.20. The van der Waals surface area contributed by atoms with Crippen LogP contribution in [0.1, 0.15) is 35.3 Å². The van der Waals surface area contributed by atoms with Gasteiger partial charge in [0.1, 0.15) is 0 Å². The fourth-order valence-corrected chi connectivity index (χ4v) is 2.29. The van der Waals surface area contributed by atoms with Gasteiger partial charge in [0.25, 0.3) is 5.91 Å². The summed E-state index contributed by atoms with van der Waals surface area (Å²) in [5, 5.41) is 4.00. The van der Waals surface area contributed by atoms with Gasteiger partial charge in [-0.2, -0.15) is 5.10 Å². The van der Waals surface area contributed by atoms with Crippen LogP contribution in [0.15, 0.2) is 53.6 Å². The van der Waals surface area contributed by atoms with Gasteiger partial charge in [0.05, 0.1) is 6.21 Å². The summed E-state index contributed by atoms with van der Waals surface area (Å²) in [4.78, 5) is 14.3. The number of aryl methyl sites for hydroxylation is 1. The number of carbonyl (C=O) groups excluding carboxylic acids is 1. The molecule has 0 atom stereocenters. The van der Waals surface area contributed by atoms with Crippen LogP contribution in [0.25, 0.3) is 0 Å². The van der Waals surface area contributed by atoms with Crippen molar-refractivity contribution in [1.82, 2.24) is 5.43 Å². The second kappa shape index (κ2) is 8.13. The lowest BCUT2D eigenvalue weighted by molar-refractivity contribution is 0.0955. The second-order valence-corrected chi connectivity index (χ2v) is 5.33. The number of hydrogen-bond acceptors (Lipinski definition) is 3. The van der Waals surface area contributed by atoms with Gasteiger partial charge >= 0.3 is 0 Å². The third kappa shape index (κ3) is 4.68. The van der Waals surface area contributed by atoms with E-state index in [1.165, 1.54) is 5.56 Å². The molecule has 0 aromatic heterocycles. The van der Waals surface area contributed by atoms with Crippen molar-refractivity contribution in [3.8, 4) is 0 Å². The number of benzene rings is 2. The van der Waals surface area contributed by atoms with Crippen LogP contribution >= 0.6 is 0 Å². The number of amides is 1. The van der Waals surface area contributed by atoms with Gasteiger partial charge in [-0.25, -0.2) is 5.43 Å². The van der Waals surface area contributed by atoms with Crippen LogP contribution in [-0.4, -0.2) is 25.2 Å². The van der Waals surface area contributed by atoms with E-state index in [0.717, 1.165) is 24.3 Å². The molecular weight excluding hydrogens is 286 g/mol. The van der Waals surface area contributed by atoms with E-state index in [1.54, 1.807) is 6.21 Å². The highest BCUT2D eigenvalue weighted by Gasteiger charge is 2.06.